The quantitative estimate of drug-likeness (QED) is 0.441. The van der Waals surface area contributed by atoms with Gasteiger partial charge < -0.3 is 0 Å². The van der Waals surface area contributed by atoms with Crippen LogP contribution in [0.1, 0.15) is 0 Å². The van der Waals surface area contributed by atoms with Gasteiger partial charge in [-0.05, 0) is 24.3 Å². The van der Waals surface area contributed by atoms with Crippen LogP contribution in [0.2, 0.25) is 0 Å². The summed E-state index contributed by atoms with van der Waals surface area (Å²) in [4.78, 5) is 50.0. The zero-order valence-corrected chi connectivity index (χ0v) is 11.7. The molecular formula is C16H6F2N2O4. The molecule has 0 saturated carbocycles. The molecule has 0 atom stereocenters. The van der Waals surface area contributed by atoms with Crippen molar-refractivity contribution in [1.29, 1.82) is 0 Å². The summed E-state index contributed by atoms with van der Waals surface area (Å²) in [6.07, 6.45) is 0. The van der Waals surface area contributed by atoms with Crippen molar-refractivity contribution in [2.75, 3.05) is 0 Å². The van der Waals surface area contributed by atoms with E-state index in [1.165, 1.54) is 24.3 Å². The Morgan fingerprint density at radius 3 is 1.38 bits per heavy atom. The number of benzene rings is 2. The number of aromatic nitrogens is 2. The number of fused-ring (bicyclic) bond motifs is 3. The lowest BCUT2D eigenvalue weighted by Gasteiger charge is -2.06. The molecule has 0 amide bonds. The lowest BCUT2D eigenvalue weighted by Crippen LogP contribution is -2.45. The second kappa shape index (κ2) is 4.54. The second-order valence-corrected chi connectivity index (χ2v) is 5.17. The lowest BCUT2D eigenvalue weighted by atomic mass is 10.1. The van der Waals surface area contributed by atoms with Crippen molar-refractivity contribution in [3.8, 4) is 0 Å². The lowest BCUT2D eigenvalue weighted by molar-refractivity contribution is 0.626. The Bertz CT molecular complexity index is 1300. The van der Waals surface area contributed by atoms with Gasteiger partial charge in [0.05, 0.1) is 21.5 Å². The molecule has 2 aromatic heterocycles. The molecule has 0 radical (unpaired) electrons. The van der Waals surface area contributed by atoms with Gasteiger partial charge in [0, 0.05) is 0 Å². The second-order valence-electron chi connectivity index (χ2n) is 5.17. The number of hydrogen-bond acceptors (Lipinski definition) is 4. The van der Waals surface area contributed by atoms with Gasteiger partial charge >= 0.3 is 0 Å². The molecule has 118 valence electrons. The van der Waals surface area contributed by atoms with Crippen molar-refractivity contribution in [2.24, 2.45) is 0 Å². The van der Waals surface area contributed by atoms with Crippen LogP contribution in [0.5, 0.6) is 0 Å². The molecule has 0 aliphatic rings. The average molecular weight is 328 g/mol. The highest BCUT2D eigenvalue weighted by molar-refractivity contribution is 5.83. The highest BCUT2D eigenvalue weighted by atomic mass is 19.1. The van der Waals surface area contributed by atoms with Gasteiger partial charge in [0.15, 0.2) is 0 Å². The summed E-state index contributed by atoms with van der Waals surface area (Å²) in [6, 6.07) is 6.66. The minimum atomic E-state index is -1.20. The van der Waals surface area contributed by atoms with E-state index in [1.807, 2.05) is 0 Å². The Morgan fingerprint density at radius 1 is 0.583 bits per heavy atom. The molecular weight excluding hydrogens is 322 g/mol. The first-order valence-corrected chi connectivity index (χ1v) is 6.78. The summed E-state index contributed by atoms with van der Waals surface area (Å²) in [5, 5.41) is -1.92. The molecule has 0 aliphatic heterocycles. The third kappa shape index (κ3) is 1.56. The molecule has 0 N–H and O–H groups in total. The number of nitrogens with zero attached hydrogens (tertiary/aromatic N) is 2. The summed E-state index contributed by atoms with van der Waals surface area (Å²) >= 11 is 0. The topological polar surface area (TPSA) is 77.1 Å². The minimum absolute atomic E-state index is 0.182. The van der Waals surface area contributed by atoms with Gasteiger partial charge in [-0.25, -0.2) is 8.78 Å². The molecule has 0 fully saturated rings. The molecule has 6 nitrogen and oxygen atoms in total. The number of halogens is 2. The SMILES string of the molecule is O=c1c2cccc(F)c2c(=O)n2c(=O)c3c(F)cccc3c(=O)n12. The molecule has 0 spiro atoms. The first-order valence-electron chi connectivity index (χ1n) is 6.78. The van der Waals surface area contributed by atoms with Crippen molar-refractivity contribution >= 4 is 21.5 Å². The normalized spacial score (nSPS) is 11.6. The average Bonchev–Trinajstić information content (AvgIpc) is 2.55. The molecule has 0 unspecified atom stereocenters. The predicted octanol–water partition coefficient (Wildman–Crippen LogP) is 0.502. The van der Waals surface area contributed by atoms with E-state index in [9.17, 15) is 28.0 Å². The molecule has 2 heterocycles. The van der Waals surface area contributed by atoms with Crippen LogP contribution in [0.3, 0.4) is 0 Å². The maximum Gasteiger partial charge on any atom is 0.284 e. The van der Waals surface area contributed by atoms with Crippen molar-refractivity contribution in [2.45, 2.75) is 0 Å². The molecule has 24 heavy (non-hydrogen) atoms. The Balaban J connectivity index is 2.56. The van der Waals surface area contributed by atoms with Crippen LogP contribution in [0.4, 0.5) is 8.78 Å². The monoisotopic (exact) mass is 328 g/mol. The molecule has 0 aliphatic carbocycles. The van der Waals surface area contributed by atoms with Gasteiger partial charge in [0.25, 0.3) is 22.2 Å². The standard InChI is InChI=1S/C16H6F2N2O4/c17-9-5-1-3-7-11(9)15(23)20-16(24)12-8(4-2-6-10(12)18)14(22)19(20)13(7)21/h1-6H. The van der Waals surface area contributed by atoms with Crippen LogP contribution >= 0.6 is 0 Å². The van der Waals surface area contributed by atoms with Crippen molar-refractivity contribution in [3.63, 3.8) is 0 Å². The van der Waals surface area contributed by atoms with E-state index in [2.05, 4.69) is 0 Å². The van der Waals surface area contributed by atoms with E-state index in [-0.39, 0.29) is 15.3 Å². The number of hydrogen-bond donors (Lipinski definition) is 0. The van der Waals surface area contributed by atoms with Crippen LogP contribution in [-0.2, 0) is 0 Å². The van der Waals surface area contributed by atoms with E-state index >= 15 is 0 Å². The zero-order chi connectivity index (χ0) is 17.2. The zero-order valence-electron chi connectivity index (χ0n) is 11.7. The fraction of sp³-hybridized carbons (Fsp3) is 0. The summed E-state index contributed by atoms with van der Waals surface area (Å²) in [5.74, 6) is -2.02. The smallest absolute Gasteiger partial charge is 0.267 e. The highest BCUT2D eigenvalue weighted by Gasteiger charge is 2.20. The van der Waals surface area contributed by atoms with Crippen LogP contribution in [0, 0.1) is 11.6 Å². The van der Waals surface area contributed by atoms with Crippen molar-refractivity contribution < 1.29 is 8.78 Å². The molecule has 2 aromatic carbocycles. The van der Waals surface area contributed by atoms with Crippen molar-refractivity contribution in [1.82, 2.24) is 9.03 Å². The van der Waals surface area contributed by atoms with Gasteiger partial charge in [-0.15, -0.1) is 0 Å². The van der Waals surface area contributed by atoms with Gasteiger partial charge in [0.1, 0.15) is 11.6 Å². The van der Waals surface area contributed by atoms with E-state index in [0.717, 1.165) is 12.1 Å². The van der Waals surface area contributed by atoms with Crippen LogP contribution in [0.25, 0.3) is 21.5 Å². The Hall–Kier alpha value is -3.42. The summed E-state index contributed by atoms with van der Waals surface area (Å²) in [7, 11) is 0. The first kappa shape index (κ1) is 14.2. The highest BCUT2D eigenvalue weighted by Crippen LogP contribution is 2.11. The summed E-state index contributed by atoms with van der Waals surface area (Å²) < 4.78 is 28.4. The van der Waals surface area contributed by atoms with Crippen LogP contribution in [-0.4, -0.2) is 9.03 Å². The predicted molar refractivity (Wildman–Crippen MR) is 82.0 cm³/mol. The third-order valence-corrected chi connectivity index (χ3v) is 3.89. The van der Waals surface area contributed by atoms with Gasteiger partial charge in [0.2, 0.25) is 0 Å². The fourth-order valence-corrected chi connectivity index (χ4v) is 2.83. The minimum Gasteiger partial charge on any atom is -0.267 e. The van der Waals surface area contributed by atoms with E-state index in [4.69, 9.17) is 0 Å². The molecule has 8 heteroatoms. The van der Waals surface area contributed by atoms with Crippen LogP contribution in [0.15, 0.2) is 55.6 Å². The van der Waals surface area contributed by atoms with Crippen molar-refractivity contribution in [3.05, 3.63) is 89.4 Å². The van der Waals surface area contributed by atoms with Crippen LogP contribution < -0.4 is 22.2 Å². The van der Waals surface area contributed by atoms with E-state index in [1.54, 1.807) is 0 Å². The van der Waals surface area contributed by atoms with Gasteiger partial charge in [-0.1, -0.05) is 12.1 Å². The Kier molecular flexibility index (Phi) is 2.69. The largest absolute Gasteiger partial charge is 0.284 e. The summed E-state index contributed by atoms with van der Waals surface area (Å²) in [6.45, 7) is 0. The van der Waals surface area contributed by atoms with Gasteiger partial charge in [-0.2, -0.15) is 9.03 Å². The van der Waals surface area contributed by atoms with Gasteiger partial charge in [-0.3, -0.25) is 19.2 Å². The molecule has 4 rings (SSSR count). The Morgan fingerprint density at radius 2 is 0.958 bits per heavy atom. The van der Waals surface area contributed by atoms with E-state index in [0.29, 0.717) is 4.52 Å². The molecule has 4 aromatic rings. The third-order valence-electron chi connectivity index (χ3n) is 3.89. The van der Waals surface area contributed by atoms with E-state index < -0.39 is 44.6 Å². The molecule has 0 saturated heterocycles. The number of rotatable bonds is 0. The summed E-state index contributed by atoms with van der Waals surface area (Å²) in [5.41, 5.74) is -4.46. The maximum atomic E-state index is 14.0. The first-order chi connectivity index (χ1) is 11.4. The molecule has 0 bridgehead atoms. The fourth-order valence-electron chi connectivity index (χ4n) is 2.83. The maximum absolute atomic E-state index is 14.0. The Labute approximate surface area is 129 Å².